The summed E-state index contributed by atoms with van der Waals surface area (Å²) in [6, 6.07) is 17.8. The molecule has 0 spiro atoms. The van der Waals surface area contributed by atoms with E-state index in [0.29, 0.717) is 17.0 Å². The van der Waals surface area contributed by atoms with E-state index in [1.807, 2.05) is 56.3 Å². The summed E-state index contributed by atoms with van der Waals surface area (Å²) in [6.07, 6.45) is 0.729. The van der Waals surface area contributed by atoms with Gasteiger partial charge < -0.3 is 10.1 Å². The van der Waals surface area contributed by atoms with Gasteiger partial charge in [-0.05, 0) is 72.9 Å². The van der Waals surface area contributed by atoms with Crippen molar-refractivity contribution in [3.05, 3.63) is 87.4 Å². The van der Waals surface area contributed by atoms with Crippen LogP contribution in [-0.2, 0) is 27.8 Å². The third kappa shape index (κ3) is 6.05. The average Bonchev–Trinajstić information content (AvgIpc) is 2.80. The molecule has 0 aliphatic rings. The molecule has 0 heterocycles. The van der Waals surface area contributed by atoms with Crippen molar-refractivity contribution in [3.8, 4) is 5.75 Å². The Bertz CT molecular complexity index is 1280. The molecule has 3 aromatic rings. The standard InChI is InChI=1S/C26H29BrN2O4S/c1-5-21-15-22(27)13-19(3)26(21)28-25(30)17-29(16-20-9-7-6-8-10-20)34(31,32)23-11-12-24(33-4)18(2)14-23/h6-15H,5,16-17H2,1-4H3,(H,28,30). The lowest BCUT2D eigenvalue weighted by Gasteiger charge is -2.23. The normalized spacial score (nSPS) is 11.5. The van der Waals surface area contributed by atoms with Crippen LogP contribution in [-0.4, -0.2) is 32.3 Å². The molecule has 0 bridgehead atoms. The SMILES string of the molecule is CCc1cc(Br)cc(C)c1NC(=O)CN(Cc1ccccc1)S(=O)(=O)c1ccc(OC)c(C)c1. The molecular weight excluding hydrogens is 516 g/mol. The summed E-state index contributed by atoms with van der Waals surface area (Å²) in [5.74, 6) is 0.203. The van der Waals surface area contributed by atoms with Crippen LogP contribution in [0.5, 0.6) is 5.75 Å². The molecular formula is C26H29BrN2O4S. The number of rotatable bonds is 9. The molecule has 0 fully saturated rings. The molecule has 34 heavy (non-hydrogen) atoms. The van der Waals surface area contributed by atoms with Gasteiger partial charge in [0.15, 0.2) is 0 Å². The number of nitrogens with one attached hydrogen (secondary N) is 1. The van der Waals surface area contributed by atoms with E-state index in [2.05, 4.69) is 21.2 Å². The molecule has 0 atom stereocenters. The van der Waals surface area contributed by atoms with E-state index in [0.717, 1.165) is 27.6 Å². The first-order valence-corrected chi connectivity index (χ1v) is 13.2. The molecule has 1 N–H and O–H groups in total. The molecule has 3 aromatic carbocycles. The number of methoxy groups -OCH3 is 1. The summed E-state index contributed by atoms with van der Waals surface area (Å²) in [5, 5.41) is 2.94. The second-order valence-electron chi connectivity index (χ2n) is 8.05. The van der Waals surface area contributed by atoms with Crippen molar-refractivity contribution in [2.24, 2.45) is 0 Å². The van der Waals surface area contributed by atoms with Gasteiger partial charge in [-0.2, -0.15) is 4.31 Å². The van der Waals surface area contributed by atoms with Crippen LogP contribution >= 0.6 is 15.9 Å². The van der Waals surface area contributed by atoms with Crippen molar-refractivity contribution in [3.63, 3.8) is 0 Å². The molecule has 6 nitrogen and oxygen atoms in total. The Hall–Kier alpha value is -2.68. The minimum Gasteiger partial charge on any atom is -0.496 e. The van der Waals surface area contributed by atoms with Gasteiger partial charge in [0.2, 0.25) is 15.9 Å². The summed E-state index contributed by atoms with van der Waals surface area (Å²) in [7, 11) is -2.42. The van der Waals surface area contributed by atoms with Crippen molar-refractivity contribution in [2.45, 2.75) is 38.6 Å². The number of carbonyl (C=O) groups is 1. The van der Waals surface area contributed by atoms with Crippen LogP contribution in [0.15, 0.2) is 70.0 Å². The zero-order chi connectivity index (χ0) is 24.9. The number of benzene rings is 3. The van der Waals surface area contributed by atoms with Crippen LogP contribution in [0.4, 0.5) is 5.69 Å². The number of hydrogen-bond donors (Lipinski definition) is 1. The van der Waals surface area contributed by atoms with E-state index in [4.69, 9.17) is 4.74 Å². The van der Waals surface area contributed by atoms with Gasteiger partial charge in [0.25, 0.3) is 0 Å². The van der Waals surface area contributed by atoms with E-state index in [9.17, 15) is 13.2 Å². The third-order valence-corrected chi connectivity index (χ3v) is 7.80. The van der Waals surface area contributed by atoms with Crippen LogP contribution in [0.1, 0.15) is 29.2 Å². The lowest BCUT2D eigenvalue weighted by Crippen LogP contribution is -2.37. The molecule has 0 saturated heterocycles. The summed E-state index contributed by atoms with van der Waals surface area (Å²) >= 11 is 3.49. The van der Waals surface area contributed by atoms with Gasteiger partial charge >= 0.3 is 0 Å². The third-order valence-electron chi connectivity index (χ3n) is 5.55. The fourth-order valence-electron chi connectivity index (χ4n) is 3.78. The van der Waals surface area contributed by atoms with Crippen molar-refractivity contribution in [1.82, 2.24) is 4.31 Å². The zero-order valence-corrected chi connectivity index (χ0v) is 22.2. The van der Waals surface area contributed by atoms with Crippen LogP contribution in [0.2, 0.25) is 0 Å². The highest BCUT2D eigenvalue weighted by Crippen LogP contribution is 2.28. The smallest absolute Gasteiger partial charge is 0.243 e. The molecule has 3 rings (SSSR count). The lowest BCUT2D eigenvalue weighted by molar-refractivity contribution is -0.116. The maximum Gasteiger partial charge on any atom is 0.243 e. The highest BCUT2D eigenvalue weighted by atomic mass is 79.9. The molecule has 0 saturated carbocycles. The van der Waals surface area contributed by atoms with Gasteiger partial charge in [0.05, 0.1) is 18.6 Å². The van der Waals surface area contributed by atoms with Crippen molar-refractivity contribution >= 4 is 37.5 Å². The van der Waals surface area contributed by atoms with Crippen LogP contribution in [0, 0.1) is 13.8 Å². The number of carbonyl (C=O) groups excluding carboxylic acids is 1. The molecule has 180 valence electrons. The molecule has 8 heteroatoms. The summed E-state index contributed by atoms with van der Waals surface area (Å²) < 4.78 is 34.6. The largest absolute Gasteiger partial charge is 0.496 e. The summed E-state index contributed by atoms with van der Waals surface area (Å²) in [4.78, 5) is 13.2. The number of amides is 1. The van der Waals surface area contributed by atoms with E-state index < -0.39 is 15.9 Å². The second-order valence-corrected chi connectivity index (χ2v) is 10.9. The molecule has 0 aliphatic carbocycles. The highest BCUT2D eigenvalue weighted by Gasteiger charge is 2.28. The Balaban J connectivity index is 1.94. The first kappa shape index (κ1) is 25.9. The van der Waals surface area contributed by atoms with E-state index in [1.54, 1.807) is 19.1 Å². The first-order chi connectivity index (χ1) is 16.1. The van der Waals surface area contributed by atoms with Gasteiger partial charge in [0, 0.05) is 16.7 Å². The second kappa shape index (κ2) is 11.2. The predicted octanol–water partition coefficient (Wildman–Crippen LogP) is 5.47. The van der Waals surface area contributed by atoms with Crippen molar-refractivity contribution in [1.29, 1.82) is 0 Å². The number of sulfonamides is 1. The maximum absolute atomic E-state index is 13.6. The topological polar surface area (TPSA) is 75.7 Å². The number of halogens is 1. The van der Waals surface area contributed by atoms with E-state index in [1.165, 1.54) is 17.5 Å². The maximum atomic E-state index is 13.6. The minimum atomic E-state index is -3.96. The van der Waals surface area contributed by atoms with Crippen molar-refractivity contribution < 1.29 is 17.9 Å². The summed E-state index contributed by atoms with van der Waals surface area (Å²) in [5.41, 5.74) is 4.09. The highest BCUT2D eigenvalue weighted by molar-refractivity contribution is 9.10. The van der Waals surface area contributed by atoms with Crippen LogP contribution in [0.3, 0.4) is 0 Å². The van der Waals surface area contributed by atoms with Gasteiger partial charge in [-0.25, -0.2) is 8.42 Å². The lowest BCUT2D eigenvalue weighted by atomic mass is 10.1. The average molecular weight is 545 g/mol. The first-order valence-electron chi connectivity index (χ1n) is 10.9. The number of anilines is 1. The van der Waals surface area contributed by atoms with Gasteiger partial charge in [-0.15, -0.1) is 0 Å². The van der Waals surface area contributed by atoms with Crippen LogP contribution in [0.25, 0.3) is 0 Å². The quantitative estimate of drug-likeness (QED) is 0.387. The van der Waals surface area contributed by atoms with Gasteiger partial charge in [-0.3, -0.25) is 4.79 Å². The number of nitrogens with zero attached hydrogens (tertiary/aromatic N) is 1. The molecule has 1 amide bonds. The fourth-order valence-corrected chi connectivity index (χ4v) is 5.87. The Morgan fingerprint density at radius 1 is 1.03 bits per heavy atom. The number of aryl methyl sites for hydroxylation is 3. The van der Waals surface area contributed by atoms with Gasteiger partial charge in [0.1, 0.15) is 5.75 Å². The predicted molar refractivity (Wildman–Crippen MR) is 139 cm³/mol. The van der Waals surface area contributed by atoms with E-state index in [-0.39, 0.29) is 18.0 Å². The van der Waals surface area contributed by atoms with Gasteiger partial charge in [-0.1, -0.05) is 53.2 Å². The Labute approximate surface area is 210 Å². The number of ether oxygens (including phenoxy) is 1. The Morgan fingerprint density at radius 3 is 2.35 bits per heavy atom. The fraction of sp³-hybridized carbons (Fsp3) is 0.269. The van der Waals surface area contributed by atoms with Crippen molar-refractivity contribution in [2.75, 3.05) is 19.0 Å². The zero-order valence-electron chi connectivity index (χ0n) is 19.8. The molecule has 0 radical (unpaired) electrons. The van der Waals surface area contributed by atoms with Crippen LogP contribution < -0.4 is 10.1 Å². The molecule has 0 unspecified atom stereocenters. The summed E-state index contributed by atoms with van der Waals surface area (Å²) in [6.45, 7) is 5.46. The van der Waals surface area contributed by atoms with E-state index >= 15 is 0 Å². The number of hydrogen-bond acceptors (Lipinski definition) is 4. The Kier molecular flexibility index (Phi) is 8.52. The monoisotopic (exact) mass is 544 g/mol. The molecule has 0 aromatic heterocycles. The molecule has 0 aliphatic heterocycles. The Morgan fingerprint density at radius 2 is 1.74 bits per heavy atom. The minimum absolute atomic E-state index is 0.0711.